The highest BCUT2D eigenvalue weighted by Crippen LogP contribution is 2.26. The summed E-state index contributed by atoms with van der Waals surface area (Å²) in [5.41, 5.74) is -2.01. The Balaban J connectivity index is 2.61. The smallest absolute Gasteiger partial charge is 0.362 e. The molecule has 0 unspecified atom stereocenters. The summed E-state index contributed by atoms with van der Waals surface area (Å²) in [5, 5.41) is 15.6. The van der Waals surface area contributed by atoms with Crippen molar-refractivity contribution in [2.75, 3.05) is 13.7 Å². The summed E-state index contributed by atoms with van der Waals surface area (Å²) in [6.07, 6.45) is -0.543. The second kappa shape index (κ2) is 9.15. The van der Waals surface area contributed by atoms with E-state index < -0.39 is 64.3 Å². The fraction of sp³-hybridized carbons (Fsp3) is 0.643. The number of methoxy groups -OCH3 is 1. The van der Waals surface area contributed by atoms with E-state index in [4.69, 9.17) is 14.4 Å². The van der Waals surface area contributed by atoms with Gasteiger partial charge in [0.05, 0.1) is 6.54 Å². The molecule has 1 fully saturated rings. The molecule has 1 rings (SSSR count). The van der Waals surface area contributed by atoms with Gasteiger partial charge in [0.2, 0.25) is 23.4 Å². The van der Waals surface area contributed by atoms with Crippen LogP contribution in [0.3, 0.4) is 0 Å². The summed E-state index contributed by atoms with van der Waals surface area (Å²) >= 11 is 0. The van der Waals surface area contributed by atoms with Crippen LogP contribution < -0.4 is 16.0 Å². The lowest BCUT2D eigenvalue weighted by molar-refractivity contribution is -0.180. The zero-order valence-electron chi connectivity index (χ0n) is 15.8. The van der Waals surface area contributed by atoms with Crippen LogP contribution in [0.25, 0.3) is 0 Å². The molecule has 3 atom stereocenters. The maximum atomic E-state index is 12.2. The van der Waals surface area contributed by atoms with E-state index in [1.807, 2.05) is 0 Å². The second-order valence-electron chi connectivity index (χ2n) is 6.23. The average molecular weight is 438 g/mol. The molecule has 164 valence electrons. The highest BCUT2D eigenvalue weighted by molar-refractivity contribution is 7.84. The molecular formula is C14H22N4O10S. The lowest BCUT2D eigenvalue weighted by Gasteiger charge is -2.45. The zero-order valence-corrected chi connectivity index (χ0v) is 16.6. The summed E-state index contributed by atoms with van der Waals surface area (Å²) in [7, 11) is -3.76. The van der Waals surface area contributed by atoms with Crippen LogP contribution >= 0.6 is 0 Å². The minimum Gasteiger partial charge on any atom is -0.480 e. The van der Waals surface area contributed by atoms with Crippen LogP contribution in [0.5, 0.6) is 0 Å². The molecule has 14 nitrogen and oxygen atoms in total. The molecular weight excluding hydrogens is 416 g/mol. The summed E-state index contributed by atoms with van der Waals surface area (Å²) in [4.78, 5) is 58.0. The van der Waals surface area contributed by atoms with E-state index in [1.165, 1.54) is 6.92 Å². The molecule has 0 aromatic carbocycles. The molecule has 1 saturated heterocycles. The van der Waals surface area contributed by atoms with Crippen LogP contribution in [0.2, 0.25) is 0 Å². The van der Waals surface area contributed by atoms with Gasteiger partial charge in [0, 0.05) is 20.5 Å². The van der Waals surface area contributed by atoms with Crippen LogP contribution in [0.4, 0.5) is 0 Å². The third-order valence-electron chi connectivity index (χ3n) is 4.00. The Morgan fingerprint density at radius 2 is 1.86 bits per heavy atom. The number of aliphatic carboxylic acids is 1. The van der Waals surface area contributed by atoms with Crippen molar-refractivity contribution in [1.29, 1.82) is 0 Å². The lowest BCUT2D eigenvalue weighted by atomic mass is 10.1. The number of amides is 4. The molecule has 1 aliphatic heterocycles. The van der Waals surface area contributed by atoms with Crippen molar-refractivity contribution < 1.29 is 46.8 Å². The molecule has 0 saturated carbocycles. The normalized spacial score (nSPS) is 20.8. The number of carbonyl (C=O) groups is 5. The number of carboxylic acid groups (broad SMARTS) is 1. The Bertz CT molecular complexity index is 813. The third kappa shape index (κ3) is 6.10. The van der Waals surface area contributed by atoms with Crippen molar-refractivity contribution in [3.63, 3.8) is 0 Å². The minimum atomic E-state index is -4.80. The molecule has 5 N–H and O–H groups in total. The molecule has 0 radical (unpaired) electrons. The first-order chi connectivity index (χ1) is 13.2. The first-order valence-corrected chi connectivity index (χ1v) is 9.59. The zero-order chi connectivity index (χ0) is 22.6. The first-order valence-electron chi connectivity index (χ1n) is 8.19. The average Bonchev–Trinajstić information content (AvgIpc) is 2.59. The Labute approximate surface area is 165 Å². The van der Waals surface area contributed by atoms with E-state index in [9.17, 15) is 32.4 Å². The first kappa shape index (κ1) is 24.3. The van der Waals surface area contributed by atoms with E-state index >= 15 is 0 Å². The quantitative estimate of drug-likeness (QED) is 0.132. The van der Waals surface area contributed by atoms with Gasteiger partial charge in [0.15, 0.2) is 0 Å². The van der Waals surface area contributed by atoms with Crippen LogP contribution in [0.15, 0.2) is 0 Å². The van der Waals surface area contributed by atoms with E-state index in [0.29, 0.717) is 0 Å². The molecule has 4 amide bonds. The minimum absolute atomic E-state index is 0.0914. The maximum absolute atomic E-state index is 12.2. The molecule has 0 aromatic rings. The van der Waals surface area contributed by atoms with Crippen molar-refractivity contribution in [3.05, 3.63) is 0 Å². The Hall–Kier alpha value is -2.78. The van der Waals surface area contributed by atoms with Crippen LogP contribution in [0.1, 0.15) is 26.7 Å². The highest BCUT2D eigenvalue weighted by atomic mass is 32.2. The topological polar surface area (TPSA) is 209 Å². The maximum Gasteiger partial charge on any atom is 0.362 e. The fourth-order valence-corrected chi connectivity index (χ4v) is 3.10. The number of carboxylic acids is 1. The third-order valence-corrected chi connectivity index (χ3v) is 4.85. The van der Waals surface area contributed by atoms with Crippen molar-refractivity contribution in [1.82, 2.24) is 20.3 Å². The van der Waals surface area contributed by atoms with Crippen molar-refractivity contribution >= 4 is 39.9 Å². The number of hydrogen-bond acceptors (Lipinski definition) is 8. The van der Waals surface area contributed by atoms with Gasteiger partial charge in [-0.3, -0.25) is 23.7 Å². The number of nitrogens with zero attached hydrogens (tertiary/aromatic N) is 1. The van der Waals surface area contributed by atoms with Crippen LogP contribution in [-0.4, -0.2) is 83.4 Å². The van der Waals surface area contributed by atoms with Crippen molar-refractivity contribution in [2.45, 2.75) is 44.5 Å². The number of rotatable bonds is 10. The van der Waals surface area contributed by atoms with Gasteiger partial charge in [-0.2, -0.15) is 8.42 Å². The van der Waals surface area contributed by atoms with Gasteiger partial charge >= 0.3 is 16.3 Å². The van der Waals surface area contributed by atoms with E-state index in [0.717, 1.165) is 14.0 Å². The fourth-order valence-electron chi connectivity index (χ4n) is 2.40. The van der Waals surface area contributed by atoms with E-state index in [-0.39, 0.29) is 17.1 Å². The highest BCUT2D eigenvalue weighted by Gasteiger charge is 2.59. The number of carbonyl (C=O) groups excluding carboxylic acids is 4. The Morgan fingerprint density at radius 1 is 1.28 bits per heavy atom. The number of nitrogens with one attached hydrogen (secondary N) is 3. The molecule has 0 aromatic heterocycles. The van der Waals surface area contributed by atoms with Crippen molar-refractivity contribution in [3.8, 4) is 0 Å². The molecule has 29 heavy (non-hydrogen) atoms. The lowest BCUT2D eigenvalue weighted by Crippen LogP contribution is -2.76. The molecule has 1 aliphatic rings. The summed E-state index contributed by atoms with van der Waals surface area (Å²) in [6, 6.07) is -2.47. The summed E-state index contributed by atoms with van der Waals surface area (Å²) in [6.45, 7) is 1.73. The van der Waals surface area contributed by atoms with Crippen molar-refractivity contribution in [2.24, 2.45) is 0 Å². The molecule has 15 heteroatoms. The molecule has 1 heterocycles. The molecule has 0 aliphatic carbocycles. The van der Waals surface area contributed by atoms with Gasteiger partial charge in [-0.15, -0.1) is 0 Å². The summed E-state index contributed by atoms with van der Waals surface area (Å²) < 4.78 is 35.8. The van der Waals surface area contributed by atoms with Gasteiger partial charge in [0.25, 0.3) is 5.91 Å². The molecule has 0 bridgehead atoms. The predicted octanol–water partition coefficient (Wildman–Crippen LogP) is -3.04. The molecule has 0 spiro atoms. The number of hydrogen-bond donors (Lipinski definition) is 5. The summed E-state index contributed by atoms with van der Waals surface area (Å²) in [5.74, 6) is -4.71. The van der Waals surface area contributed by atoms with Crippen LogP contribution in [0, 0.1) is 0 Å². The second-order valence-corrected chi connectivity index (χ2v) is 7.57. The largest absolute Gasteiger partial charge is 0.480 e. The monoisotopic (exact) mass is 438 g/mol. The predicted molar refractivity (Wildman–Crippen MR) is 93.2 cm³/mol. The SMILES string of the molecule is CO[C@]1(NC(=O)[C@@H](C)NC(=O)CC[C@@H](NC(C)=O)C(=O)O)CN(S(=O)(=O)O)C1=O. The van der Waals surface area contributed by atoms with Crippen LogP contribution in [-0.2, 0) is 39.0 Å². The van der Waals surface area contributed by atoms with E-state index in [2.05, 4.69) is 16.0 Å². The van der Waals surface area contributed by atoms with Gasteiger partial charge in [-0.1, -0.05) is 0 Å². The van der Waals surface area contributed by atoms with Gasteiger partial charge in [-0.05, 0) is 13.3 Å². The van der Waals surface area contributed by atoms with Gasteiger partial charge in [-0.25, -0.2) is 9.10 Å². The Morgan fingerprint density at radius 3 is 2.28 bits per heavy atom. The standard InChI is InChI=1S/C14H22N4O10S/c1-7(15-10(20)5-4-9(12(22)23)16-8(2)19)11(21)17-14(28-3)6-18(13(14)24)29(25,26)27/h7,9H,4-6H2,1-3H3,(H,15,20)(H,16,19)(H,17,21)(H,22,23)(H,25,26,27)/t7-,9-,14-/m1/s1. The number of ether oxygens (including phenoxy) is 1. The number of β-lactam (4-membered cyclic amide) rings is 1. The van der Waals surface area contributed by atoms with E-state index in [1.54, 1.807) is 0 Å². The van der Waals surface area contributed by atoms with Gasteiger partial charge in [0.1, 0.15) is 12.1 Å². The Kier molecular flexibility index (Phi) is 7.65. The van der Waals surface area contributed by atoms with Gasteiger partial charge < -0.3 is 25.8 Å².